The molecule has 22 heavy (non-hydrogen) atoms. The van der Waals surface area contributed by atoms with Gasteiger partial charge in [-0.15, -0.1) is 0 Å². The van der Waals surface area contributed by atoms with Crippen LogP contribution in [0.5, 0.6) is 0 Å². The molecule has 3 rings (SSSR count). The van der Waals surface area contributed by atoms with Crippen LogP contribution in [-0.4, -0.2) is 65.4 Å². The molecule has 1 saturated heterocycles. The van der Waals surface area contributed by atoms with E-state index in [0.29, 0.717) is 49.5 Å². The Morgan fingerprint density at radius 1 is 1.23 bits per heavy atom. The van der Waals surface area contributed by atoms with Gasteiger partial charge in [-0.1, -0.05) is 23.2 Å². The third-order valence-corrected chi connectivity index (χ3v) is 4.62. The summed E-state index contributed by atoms with van der Waals surface area (Å²) in [6, 6.07) is 1.93. The highest BCUT2D eigenvalue weighted by Gasteiger charge is 2.27. The van der Waals surface area contributed by atoms with Gasteiger partial charge in [0.2, 0.25) is 5.91 Å². The molecule has 6 nitrogen and oxygen atoms in total. The lowest BCUT2D eigenvalue weighted by Crippen LogP contribution is -2.51. The lowest BCUT2D eigenvalue weighted by Gasteiger charge is -2.34. The standard InChI is InChI=1S/C14H18Cl2N4O2/c15-10-7-11(18-13(10)16)14(22)20-5-3-19(4-6-20)8-12(21)17-9-1-2-9/h7,9,18H,1-6,8H2,(H,17,21). The summed E-state index contributed by atoms with van der Waals surface area (Å²) in [4.78, 5) is 30.7. The van der Waals surface area contributed by atoms with Crippen LogP contribution in [0.3, 0.4) is 0 Å². The fourth-order valence-electron chi connectivity index (χ4n) is 2.50. The molecule has 1 aliphatic carbocycles. The van der Waals surface area contributed by atoms with Crippen molar-refractivity contribution in [2.75, 3.05) is 32.7 Å². The summed E-state index contributed by atoms with van der Waals surface area (Å²) in [6.45, 7) is 2.95. The van der Waals surface area contributed by atoms with Crippen LogP contribution in [0, 0.1) is 0 Å². The normalized spacial score (nSPS) is 19.3. The van der Waals surface area contributed by atoms with Crippen molar-refractivity contribution in [2.24, 2.45) is 0 Å². The highest BCUT2D eigenvalue weighted by molar-refractivity contribution is 6.41. The van der Waals surface area contributed by atoms with E-state index >= 15 is 0 Å². The molecule has 1 aliphatic heterocycles. The number of hydrogen-bond acceptors (Lipinski definition) is 3. The minimum Gasteiger partial charge on any atom is -0.352 e. The average molecular weight is 345 g/mol. The number of H-pyrrole nitrogens is 1. The summed E-state index contributed by atoms with van der Waals surface area (Å²) in [7, 11) is 0. The van der Waals surface area contributed by atoms with Crippen molar-refractivity contribution in [3.05, 3.63) is 21.9 Å². The van der Waals surface area contributed by atoms with Crippen LogP contribution < -0.4 is 5.32 Å². The van der Waals surface area contributed by atoms with Crippen molar-refractivity contribution >= 4 is 35.0 Å². The van der Waals surface area contributed by atoms with Gasteiger partial charge >= 0.3 is 0 Å². The minimum absolute atomic E-state index is 0.0743. The molecule has 0 aromatic carbocycles. The number of hydrogen-bond donors (Lipinski definition) is 2. The van der Waals surface area contributed by atoms with E-state index in [4.69, 9.17) is 23.2 Å². The van der Waals surface area contributed by atoms with Gasteiger partial charge in [-0.2, -0.15) is 0 Å². The van der Waals surface area contributed by atoms with Crippen molar-refractivity contribution in [3.8, 4) is 0 Å². The smallest absolute Gasteiger partial charge is 0.270 e. The van der Waals surface area contributed by atoms with Crippen molar-refractivity contribution < 1.29 is 9.59 Å². The minimum atomic E-state index is -0.115. The molecule has 0 bridgehead atoms. The number of halogens is 2. The highest BCUT2D eigenvalue weighted by atomic mass is 35.5. The molecular formula is C14H18Cl2N4O2. The van der Waals surface area contributed by atoms with E-state index < -0.39 is 0 Å². The zero-order valence-corrected chi connectivity index (χ0v) is 13.6. The van der Waals surface area contributed by atoms with Crippen LogP contribution in [-0.2, 0) is 4.79 Å². The summed E-state index contributed by atoms with van der Waals surface area (Å²) in [5.41, 5.74) is 0.398. The molecule has 1 aromatic heterocycles. The van der Waals surface area contributed by atoms with Gasteiger partial charge in [0.25, 0.3) is 5.91 Å². The van der Waals surface area contributed by atoms with Gasteiger partial charge in [-0.05, 0) is 18.9 Å². The number of nitrogens with one attached hydrogen (secondary N) is 2. The molecule has 120 valence electrons. The summed E-state index contributed by atoms with van der Waals surface area (Å²) in [5.74, 6) is -0.0407. The Balaban J connectivity index is 1.48. The van der Waals surface area contributed by atoms with Gasteiger partial charge in [0.15, 0.2) is 0 Å². The Labute approximate surface area is 138 Å². The van der Waals surface area contributed by atoms with Gasteiger partial charge in [-0.25, -0.2) is 0 Å². The second-order valence-electron chi connectivity index (χ2n) is 5.76. The maximum atomic E-state index is 12.3. The highest BCUT2D eigenvalue weighted by Crippen LogP contribution is 2.23. The van der Waals surface area contributed by atoms with Gasteiger partial charge in [0.05, 0.1) is 11.6 Å². The number of carbonyl (C=O) groups excluding carboxylic acids is 2. The maximum absolute atomic E-state index is 12.3. The second-order valence-corrected chi connectivity index (χ2v) is 6.54. The number of amides is 2. The van der Waals surface area contributed by atoms with E-state index in [1.165, 1.54) is 0 Å². The Hall–Kier alpha value is -1.24. The van der Waals surface area contributed by atoms with Crippen molar-refractivity contribution in [2.45, 2.75) is 18.9 Å². The number of nitrogens with zero attached hydrogens (tertiary/aromatic N) is 2. The number of aromatic nitrogens is 1. The van der Waals surface area contributed by atoms with Crippen molar-refractivity contribution in [1.82, 2.24) is 20.1 Å². The average Bonchev–Trinajstić information content (AvgIpc) is 3.23. The lowest BCUT2D eigenvalue weighted by molar-refractivity contribution is -0.122. The van der Waals surface area contributed by atoms with Crippen LogP contribution in [0.2, 0.25) is 10.2 Å². The number of carbonyl (C=O) groups is 2. The fraction of sp³-hybridized carbons (Fsp3) is 0.571. The molecule has 2 N–H and O–H groups in total. The Morgan fingerprint density at radius 2 is 1.91 bits per heavy atom. The number of piperazine rings is 1. The monoisotopic (exact) mass is 344 g/mol. The van der Waals surface area contributed by atoms with Crippen LogP contribution in [0.1, 0.15) is 23.3 Å². The predicted molar refractivity (Wildman–Crippen MR) is 84.3 cm³/mol. The van der Waals surface area contributed by atoms with E-state index in [1.807, 2.05) is 0 Å². The number of rotatable bonds is 4. The molecule has 2 aliphatic rings. The molecule has 1 aromatic rings. The van der Waals surface area contributed by atoms with E-state index in [0.717, 1.165) is 12.8 Å². The van der Waals surface area contributed by atoms with Gasteiger partial charge in [0.1, 0.15) is 10.8 Å². The molecule has 2 amide bonds. The quantitative estimate of drug-likeness (QED) is 0.866. The largest absolute Gasteiger partial charge is 0.352 e. The molecule has 0 atom stereocenters. The summed E-state index contributed by atoms with van der Waals surface area (Å²) in [6.07, 6.45) is 2.19. The third-order valence-electron chi connectivity index (χ3n) is 3.92. The Kier molecular flexibility index (Phi) is 4.61. The van der Waals surface area contributed by atoms with E-state index in [9.17, 15) is 9.59 Å². The first-order valence-corrected chi connectivity index (χ1v) is 8.13. The molecule has 1 saturated carbocycles. The third kappa shape index (κ3) is 3.74. The van der Waals surface area contributed by atoms with E-state index in [1.54, 1.807) is 11.0 Å². The molecule has 2 fully saturated rings. The first-order valence-electron chi connectivity index (χ1n) is 7.38. The van der Waals surface area contributed by atoms with Crippen LogP contribution in [0.4, 0.5) is 0 Å². The SMILES string of the molecule is O=C(CN1CCN(C(=O)c2cc(Cl)c(Cl)[nH]2)CC1)NC1CC1. The fourth-order valence-corrected chi connectivity index (χ4v) is 2.82. The van der Waals surface area contributed by atoms with Gasteiger partial charge in [0, 0.05) is 32.2 Å². The summed E-state index contributed by atoms with van der Waals surface area (Å²) >= 11 is 11.7. The lowest BCUT2D eigenvalue weighted by atomic mass is 10.2. The van der Waals surface area contributed by atoms with Crippen LogP contribution >= 0.6 is 23.2 Å². The van der Waals surface area contributed by atoms with Crippen LogP contribution in [0.25, 0.3) is 0 Å². The predicted octanol–water partition coefficient (Wildman–Crippen LogP) is 1.36. The van der Waals surface area contributed by atoms with E-state index in [2.05, 4.69) is 15.2 Å². The van der Waals surface area contributed by atoms with Gasteiger partial charge < -0.3 is 15.2 Å². The van der Waals surface area contributed by atoms with Crippen LogP contribution in [0.15, 0.2) is 6.07 Å². The molecule has 0 unspecified atom stereocenters. The Morgan fingerprint density at radius 3 is 2.45 bits per heavy atom. The number of aromatic amines is 1. The van der Waals surface area contributed by atoms with Gasteiger partial charge in [-0.3, -0.25) is 14.5 Å². The Bertz CT molecular complexity index is 558. The first-order chi connectivity index (χ1) is 10.5. The molecule has 0 spiro atoms. The zero-order chi connectivity index (χ0) is 15.7. The van der Waals surface area contributed by atoms with Crippen molar-refractivity contribution in [1.29, 1.82) is 0 Å². The zero-order valence-electron chi connectivity index (χ0n) is 12.1. The molecular weight excluding hydrogens is 327 g/mol. The molecule has 0 radical (unpaired) electrons. The van der Waals surface area contributed by atoms with Crippen molar-refractivity contribution in [3.63, 3.8) is 0 Å². The molecule has 8 heteroatoms. The molecule has 2 heterocycles. The summed E-state index contributed by atoms with van der Waals surface area (Å²) < 4.78 is 0. The topological polar surface area (TPSA) is 68.4 Å². The summed E-state index contributed by atoms with van der Waals surface area (Å²) in [5, 5.41) is 3.60. The maximum Gasteiger partial charge on any atom is 0.270 e. The first kappa shape index (κ1) is 15.6. The van der Waals surface area contributed by atoms with E-state index in [-0.39, 0.29) is 17.0 Å². The second kappa shape index (κ2) is 6.48.